The van der Waals surface area contributed by atoms with Crippen LogP contribution in [0.2, 0.25) is 0 Å². The Bertz CT molecular complexity index is 602. The summed E-state index contributed by atoms with van der Waals surface area (Å²) in [5, 5.41) is 3.30. The van der Waals surface area contributed by atoms with Gasteiger partial charge in [-0.05, 0) is 25.0 Å². The van der Waals surface area contributed by atoms with E-state index in [4.69, 9.17) is 4.74 Å². The molecule has 1 aliphatic heterocycles. The van der Waals surface area contributed by atoms with Crippen molar-refractivity contribution in [3.8, 4) is 5.75 Å². The molecule has 0 spiro atoms. The maximum absolute atomic E-state index is 5.79. The van der Waals surface area contributed by atoms with E-state index < -0.39 is 0 Å². The molecule has 2 heterocycles. The van der Waals surface area contributed by atoms with E-state index >= 15 is 0 Å². The van der Waals surface area contributed by atoms with Gasteiger partial charge in [0.15, 0.2) is 0 Å². The van der Waals surface area contributed by atoms with E-state index in [1.54, 1.807) is 6.33 Å². The van der Waals surface area contributed by atoms with Gasteiger partial charge >= 0.3 is 0 Å². The summed E-state index contributed by atoms with van der Waals surface area (Å²) in [5.74, 6) is 2.68. The summed E-state index contributed by atoms with van der Waals surface area (Å²) in [6, 6.07) is 10.1. The number of benzene rings is 1. The lowest BCUT2D eigenvalue weighted by Crippen LogP contribution is -2.19. The molecule has 5 nitrogen and oxygen atoms in total. The molecule has 1 aliphatic rings. The van der Waals surface area contributed by atoms with Gasteiger partial charge in [0.1, 0.15) is 23.7 Å². The Hall–Kier alpha value is -2.30. The van der Waals surface area contributed by atoms with E-state index in [9.17, 15) is 0 Å². The number of hydrogen-bond acceptors (Lipinski definition) is 5. The van der Waals surface area contributed by atoms with Crippen molar-refractivity contribution >= 4 is 17.3 Å². The van der Waals surface area contributed by atoms with E-state index in [-0.39, 0.29) is 0 Å². The van der Waals surface area contributed by atoms with Crippen LogP contribution in [0.5, 0.6) is 5.75 Å². The first-order chi connectivity index (χ1) is 10.4. The van der Waals surface area contributed by atoms with E-state index in [1.807, 2.05) is 24.3 Å². The van der Waals surface area contributed by atoms with Gasteiger partial charge in [-0.3, -0.25) is 0 Å². The number of rotatable bonds is 4. The number of nitrogens with one attached hydrogen (secondary N) is 1. The summed E-state index contributed by atoms with van der Waals surface area (Å²) >= 11 is 0. The molecule has 0 radical (unpaired) electrons. The fourth-order valence-electron chi connectivity index (χ4n) is 2.41. The lowest BCUT2D eigenvalue weighted by atomic mass is 10.2. The Balaban J connectivity index is 1.92. The molecule has 0 saturated carbocycles. The van der Waals surface area contributed by atoms with Crippen LogP contribution in [0.1, 0.15) is 19.8 Å². The Kier molecular flexibility index (Phi) is 4.19. The highest BCUT2D eigenvalue weighted by molar-refractivity contribution is 5.68. The lowest BCUT2D eigenvalue weighted by molar-refractivity contribution is 0.322. The molecular formula is C16H20N4O. The fraction of sp³-hybridized carbons (Fsp3) is 0.375. The summed E-state index contributed by atoms with van der Waals surface area (Å²) in [7, 11) is 0. The Morgan fingerprint density at radius 2 is 2.19 bits per heavy atom. The van der Waals surface area contributed by atoms with Crippen LogP contribution in [0.15, 0.2) is 36.7 Å². The van der Waals surface area contributed by atoms with Gasteiger partial charge in [0, 0.05) is 19.2 Å². The van der Waals surface area contributed by atoms with Crippen molar-refractivity contribution in [2.24, 2.45) is 0 Å². The zero-order valence-electron chi connectivity index (χ0n) is 12.2. The number of nitrogens with zero attached hydrogens (tertiary/aromatic N) is 3. The predicted octanol–water partition coefficient (Wildman–Crippen LogP) is 3.22. The molecule has 1 aromatic heterocycles. The van der Waals surface area contributed by atoms with Crippen molar-refractivity contribution in [1.82, 2.24) is 9.97 Å². The molecule has 0 aliphatic carbocycles. The summed E-state index contributed by atoms with van der Waals surface area (Å²) < 4.78 is 5.79. The van der Waals surface area contributed by atoms with Crippen LogP contribution in [-0.2, 0) is 0 Å². The van der Waals surface area contributed by atoms with E-state index in [0.29, 0.717) is 0 Å². The van der Waals surface area contributed by atoms with E-state index in [2.05, 4.69) is 33.2 Å². The lowest BCUT2D eigenvalue weighted by Gasteiger charge is -2.22. The molecule has 1 N–H and O–H groups in total. The normalized spacial score (nSPS) is 14.0. The molecule has 3 rings (SSSR count). The van der Waals surface area contributed by atoms with Crippen molar-refractivity contribution in [2.75, 3.05) is 29.9 Å². The van der Waals surface area contributed by atoms with Crippen molar-refractivity contribution in [2.45, 2.75) is 19.8 Å². The van der Waals surface area contributed by atoms with Gasteiger partial charge in [-0.1, -0.05) is 19.1 Å². The van der Waals surface area contributed by atoms with Gasteiger partial charge in [0.05, 0.1) is 12.3 Å². The smallest absolute Gasteiger partial charge is 0.142 e. The second-order valence-corrected chi connectivity index (χ2v) is 5.01. The zero-order valence-corrected chi connectivity index (χ0v) is 12.2. The number of fused-ring (bicyclic) bond motifs is 1. The first-order valence-corrected chi connectivity index (χ1v) is 7.44. The summed E-state index contributed by atoms with van der Waals surface area (Å²) in [4.78, 5) is 10.9. The summed E-state index contributed by atoms with van der Waals surface area (Å²) in [6.07, 6.45) is 3.65. The van der Waals surface area contributed by atoms with Crippen LogP contribution >= 0.6 is 0 Å². The second-order valence-electron chi connectivity index (χ2n) is 5.01. The van der Waals surface area contributed by atoms with Crippen LogP contribution in [0.4, 0.5) is 17.3 Å². The average Bonchev–Trinajstić information content (AvgIpc) is 2.75. The van der Waals surface area contributed by atoms with Gasteiger partial charge in [0.25, 0.3) is 0 Å². The van der Waals surface area contributed by atoms with E-state index in [1.165, 1.54) is 0 Å². The van der Waals surface area contributed by atoms with Crippen molar-refractivity contribution in [3.05, 3.63) is 36.7 Å². The number of anilines is 3. The SMILES string of the molecule is CCCNc1cc(N2CCCOc3ccccc32)ncn1. The quantitative estimate of drug-likeness (QED) is 0.934. The van der Waals surface area contributed by atoms with Crippen LogP contribution in [-0.4, -0.2) is 29.7 Å². The Morgan fingerprint density at radius 3 is 3.10 bits per heavy atom. The molecular weight excluding hydrogens is 264 g/mol. The Morgan fingerprint density at radius 1 is 1.29 bits per heavy atom. The highest BCUT2D eigenvalue weighted by atomic mass is 16.5. The first kappa shape index (κ1) is 13.7. The highest BCUT2D eigenvalue weighted by Gasteiger charge is 2.18. The number of aromatic nitrogens is 2. The van der Waals surface area contributed by atoms with Crippen molar-refractivity contribution in [1.29, 1.82) is 0 Å². The molecule has 1 aromatic carbocycles. The van der Waals surface area contributed by atoms with Crippen LogP contribution < -0.4 is 15.0 Å². The predicted molar refractivity (Wildman–Crippen MR) is 84.4 cm³/mol. The molecule has 0 atom stereocenters. The molecule has 5 heteroatoms. The zero-order chi connectivity index (χ0) is 14.5. The molecule has 21 heavy (non-hydrogen) atoms. The number of para-hydroxylation sites is 2. The summed E-state index contributed by atoms with van der Waals surface area (Å²) in [5.41, 5.74) is 1.06. The molecule has 2 aromatic rings. The third kappa shape index (κ3) is 3.07. The van der Waals surface area contributed by atoms with Crippen molar-refractivity contribution < 1.29 is 4.74 Å². The van der Waals surface area contributed by atoms with Gasteiger partial charge in [-0.15, -0.1) is 0 Å². The third-order valence-corrected chi connectivity index (χ3v) is 3.42. The molecule has 0 fully saturated rings. The number of hydrogen-bond donors (Lipinski definition) is 1. The van der Waals surface area contributed by atoms with Crippen LogP contribution in [0.3, 0.4) is 0 Å². The third-order valence-electron chi connectivity index (χ3n) is 3.42. The average molecular weight is 284 g/mol. The summed E-state index contributed by atoms with van der Waals surface area (Å²) in [6.45, 7) is 4.68. The maximum atomic E-state index is 5.79. The van der Waals surface area contributed by atoms with Gasteiger partial charge in [-0.25, -0.2) is 9.97 Å². The maximum Gasteiger partial charge on any atom is 0.142 e. The van der Waals surface area contributed by atoms with Gasteiger partial charge < -0.3 is 15.0 Å². The van der Waals surface area contributed by atoms with Gasteiger partial charge in [0.2, 0.25) is 0 Å². The van der Waals surface area contributed by atoms with Gasteiger partial charge in [-0.2, -0.15) is 0 Å². The minimum Gasteiger partial charge on any atom is -0.491 e. The van der Waals surface area contributed by atoms with Crippen molar-refractivity contribution in [3.63, 3.8) is 0 Å². The standard InChI is InChI=1S/C16H20N4O/c1-2-8-17-15-11-16(19-12-18-15)20-9-5-10-21-14-7-4-3-6-13(14)20/h3-4,6-7,11-12H,2,5,8-10H2,1H3,(H,17,18,19). The number of ether oxygens (including phenoxy) is 1. The van der Waals surface area contributed by atoms with E-state index in [0.717, 1.165) is 55.6 Å². The van der Waals surface area contributed by atoms with Crippen LogP contribution in [0, 0.1) is 0 Å². The molecule has 0 amide bonds. The monoisotopic (exact) mass is 284 g/mol. The molecule has 0 unspecified atom stereocenters. The highest BCUT2D eigenvalue weighted by Crippen LogP contribution is 2.35. The fourth-order valence-corrected chi connectivity index (χ4v) is 2.41. The topological polar surface area (TPSA) is 50.3 Å². The second kappa shape index (κ2) is 6.43. The Labute approximate surface area is 125 Å². The molecule has 110 valence electrons. The molecule has 0 bridgehead atoms. The minimum atomic E-state index is 0.736. The largest absolute Gasteiger partial charge is 0.491 e. The first-order valence-electron chi connectivity index (χ1n) is 7.44. The molecule has 0 saturated heterocycles. The minimum absolute atomic E-state index is 0.736. The van der Waals surface area contributed by atoms with Crippen LogP contribution in [0.25, 0.3) is 0 Å².